The summed E-state index contributed by atoms with van der Waals surface area (Å²) in [6.07, 6.45) is 0. The van der Waals surface area contributed by atoms with Crippen LogP contribution in [0.3, 0.4) is 0 Å². The molecule has 12 aromatic rings. The maximum atomic E-state index is 5.26. The number of pyridine rings is 1. The van der Waals surface area contributed by atoms with Crippen LogP contribution in [0.1, 0.15) is 0 Å². The fraction of sp³-hybridized carbons (Fsp3) is 0. The molecule has 3 heteroatoms. The van der Waals surface area contributed by atoms with Crippen molar-refractivity contribution in [3.8, 4) is 67.3 Å². The van der Waals surface area contributed by atoms with Crippen LogP contribution in [-0.4, -0.2) is 14.1 Å². The summed E-state index contributed by atoms with van der Waals surface area (Å²) in [5.41, 5.74) is 18.1. The summed E-state index contributed by atoms with van der Waals surface area (Å²) in [5.74, 6) is 0. The van der Waals surface area contributed by atoms with Crippen LogP contribution in [-0.2, 0) is 0 Å². The average molecular weight is 790 g/mol. The number of para-hydroxylation sites is 2. The van der Waals surface area contributed by atoms with Crippen molar-refractivity contribution in [2.75, 3.05) is 0 Å². The van der Waals surface area contributed by atoms with Crippen molar-refractivity contribution in [1.29, 1.82) is 0 Å². The Morgan fingerprint density at radius 3 is 1.16 bits per heavy atom. The maximum Gasteiger partial charge on any atom is 0.0716 e. The van der Waals surface area contributed by atoms with Crippen LogP contribution in [0.4, 0.5) is 0 Å². The van der Waals surface area contributed by atoms with Gasteiger partial charge in [-0.15, -0.1) is 0 Å². The van der Waals surface area contributed by atoms with Crippen molar-refractivity contribution in [2.24, 2.45) is 0 Å². The third-order valence-electron chi connectivity index (χ3n) is 12.3. The number of hydrogen-bond acceptors (Lipinski definition) is 1. The standard InChI is InChI=1S/C59H39N3/c1-4-16-40(17-5-1)43-22-14-24-48(34-43)61-56-28-12-10-26-50(56)52-36-44(30-32-58(52)61)45-31-33-59-53(37-45)51-27-11-13-29-57(51)62(59)49-25-15-23-46(35-49)55-39-47(41-18-6-2-7-19-41)38-54(60-55)42-20-8-3-9-21-42/h1-39H. The minimum Gasteiger partial charge on any atom is -0.309 e. The number of nitrogens with zero attached hydrogens (tertiary/aromatic N) is 3. The molecule has 290 valence electrons. The van der Waals surface area contributed by atoms with Crippen molar-refractivity contribution in [1.82, 2.24) is 14.1 Å². The average Bonchev–Trinajstić information content (AvgIpc) is 3.87. The molecule has 3 nitrogen and oxygen atoms in total. The molecule has 0 bridgehead atoms. The summed E-state index contributed by atoms with van der Waals surface area (Å²) in [6, 6.07) is 85.2. The molecular formula is C59H39N3. The zero-order valence-corrected chi connectivity index (χ0v) is 33.9. The molecule has 3 aromatic heterocycles. The van der Waals surface area contributed by atoms with Gasteiger partial charge >= 0.3 is 0 Å². The van der Waals surface area contributed by atoms with E-state index in [4.69, 9.17) is 4.98 Å². The Morgan fingerprint density at radius 2 is 0.613 bits per heavy atom. The Hall–Kier alpha value is -8.27. The van der Waals surface area contributed by atoms with Gasteiger partial charge in [-0.3, -0.25) is 0 Å². The molecule has 3 heterocycles. The zero-order chi connectivity index (χ0) is 41.0. The minimum absolute atomic E-state index is 0.941. The Labute approximate surface area is 360 Å². The van der Waals surface area contributed by atoms with Crippen molar-refractivity contribution >= 4 is 43.6 Å². The van der Waals surface area contributed by atoms with Gasteiger partial charge in [-0.1, -0.05) is 164 Å². The van der Waals surface area contributed by atoms with Crippen LogP contribution >= 0.6 is 0 Å². The lowest BCUT2D eigenvalue weighted by Gasteiger charge is -2.13. The molecular weight excluding hydrogens is 751 g/mol. The molecule has 0 saturated heterocycles. The van der Waals surface area contributed by atoms with Crippen molar-refractivity contribution in [3.63, 3.8) is 0 Å². The number of aromatic nitrogens is 3. The first-order valence-corrected chi connectivity index (χ1v) is 21.2. The monoisotopic (exact) mass is 789 g/mol. The zero-order valence-electron chi connectivity index (χ0n) is 33.9. The van der Waals surface area contributed by atoms with Gasteiger partial charge in [0, 0.05) is 44.0 Å². The second-order valence-corrected chi connectivity index (χ2v) is 16.0. The Bertz CT molecular complexity index is 3560. The third kappa shape index (κ3) is 6.10. The van der Waals surface area contributed by atoms with Gasteiger partial charge in [-0.05, 0) is 106 Å². The highest BCUT2D eigenvalue weighted by molar-refractivity contribution is 6.12. The topological polar surface area (TPSA) is 22.8 Å². The van der Waals surface area contributed by atoms with E-state index in [1.165, 1.54) is 71.4 Å². The smallest absolute Gasteiger partial charge is 0.0716 e. The third-order valence-corrected chi connectivity index (χ3v) is 12.3. The molecule has 0 aliphatic rings. The normalized spacial score (nSPS) is 11.5. The minimum atomic E-state index is 0.941. The van der Waals surface area contributed by atoms with Crippen molar-refractivity contribution < 1.29 is 0 Å². The van der Waals surface area contributed by atoms with Crippen LogP contribution in [0.5, 0.6) is 0 Å². The first-order chi connectivity index (χ1) is 30.7. The summed E-state index contributed by atoms with van der Waals surface area (Å²) >= 11 is 0. The quantitative estimate of drug-likeness (QED) is 0.158. The number of fused-ring (bicyclic) bond motifs is 6. The number of hydrogen-bond donors (Lipinski definition) is 0. The largest absolute Gasteiger partial charge is 0.309 e. The predicted molar refractivity (Wildman–Crippen MR) is 260 cm³/mol. The van der Waals surface area contributed by atoms with E-state index in [-0.39, 0.29) is 0 Å². The molecule has 9 aromatic carbocycles. The van der Waals surface area contributed by atoms with E-state index in [0.29, 0.717) is 0 Å². The van der Waals surface area contributed by atoms with Gasteiger partial charge in [0.25, 0.3) is 0 Å². The van der Waals surface area contributed by atoms with Gasteiger partial charge in [-0.25, -0.2) is 4.98 Å². The summed E-state index contributed by atoms with van der Waals surface area (Å²) in [6.45, 7) is 0. The highest BCUT2D eigenvalue weighted by Crippen LogP contribution is 2.39. The van der Waals surface area contributed by atoms with E-state index < -0.39 is 0 Å². The van der Waals surface area contributed by atoms with E-state index >= 15 is 0 Å². The van der Waals surface area contributed by atoms with Crippen LogP contribution in [0.2, 0.25) is 0 Å². The Kier molecular flexibility index (Phi) is 8.50. The van der Waals surface area contributed by atoms with Crippen molar-refractivity contribution in [3.05, 3.63) is 237 Å². The van der Waals surface area contributed by atoms with Gasteiger partial charge in [0.05, 0.1) is 33.5 Å². The molecule has 0 amide bonds. The highest BCUT2D eigenvalue weighted by atomic mass is 15.0. The van der Waals surface area contributed by atoms with Gasteiger partial charge in [0.2, 0.25) is 0 Å². The van der Waals surface area contributed by atoms with Gasteiger partial charge in [-0.2, -0.15) is 0 Å². The van der Waals surface area contributed by atoms with E-state index in [1.807, 2.05) is 0 Å². The first kappa shape index (κ1) is 35.7. The lowest BCUT2D eigenvalue weighted by atomic mass is 10.00. The Balaban J connectivity index is 0.970. The van der Waals surface area contributed by atoms with Crippen LogP contribution in [0.15, 0.2) is 237 Å². The molecule has 0 N–H and O–H groups in total. The molecule has 0 saturated carbocycles. The molecule has 0 aliphatic heterocycles. The summed E-state index contributed by atoms with van der Waals surface area (Å²) in [7, 11) is 0. The second-order valence-electron chi connectivity index (χ2n) is 16.0. The van der Waals surface area contributed by atoms with Crippen LogP contribution in [0, 0.1) is 0 Å². The maximum absolute atomic E-state index is 5.26. The molecule has 0 unspecified atom stereocenters. The number of rotatable bonds is 7. The summed E-state index contributed by atoms with van der Waals surface area (Å²) in [5, 5.41) is 4.93. The predicted octanol–water partition coefficient (Wildman–Crippen LogP) is 15.6. The van der Waals surface area contributed by atoms with Crippen LogP contribution in [0.25, 0.3) is 111 Å². The molecule has 0 radical (unpaired) electrons. The lowest BCUT2D eigenvalue weighted by Crippen LogP contribution is -1.96. The van der Waals surface area contributed by atoms with Crippen molar-refractivity contribution in [2.45, 2.75) is 0 Å². The Morgan fingerprint density at radius 1 is 0.226 bits per heavy atom. The van der Waals surface area contributed by atoms with Gasteiger partial charge in [0.15, 0.2) is 0 Å². The molecule has 0 aliphatic carbocycles. The molecule has 0 fully saturated rings. The number of benzene rings is 9. The van der Waals surface area contributed by atoms with E-state index in [2.05, 4.69) is 246 Å². The molecule has 12 rings (SSSR count). The fourth-order valence-corrected chi connectivity index (χ4v) is 9.35. The molecule has 62 heavy (non-hydrogen) atoms. The summed E-state index contributed by atoms with van der Waals surface area (Å²) in [4.78, 5) is 5.26. The first-order valence-electron chi connectivity index (χ1n) is 21.2. The molecule has 0 spiro atoms. The SMILES string of the molecule is c1ccc(-c2cccc(-n3c4ccccc4c4cc(-c5ccc6c(c5)c5ccccc5n6-c5cccc(-c6cc(-c7ccccc7)cc(-c7ccccc7)n6)c5)ccc43)c2)cc1. The lowest BCUT2D eigenvalue weighted by molar-refractivity contribution is 1.18. The van der Waals surface area contributed by atoms with Gasteiger partial charge < -0.3 is 9.13 Å². The highest BCUT2D eigenvalue weighted by Gasteiger charge is 2.17. The summed E-state index contributed by atoms with van der Waals surface area (Å²) < 4.78 is 4.80. The van der Waals surface area contributed by atoms with E-state index in [0.717, 1.165) is 39.5 Å². The van der Waals surface area contributed by atoms with Crippen LogP contribution < -0.4 is 0 Å². The van der Waals surface area contributed by atoms with E-state index in [1.54, 1.807) is 0 Å². The molecule has 0 atom stereocenters. The second kappa shape index (κ2) is 14.8. The van der Waals surface area contributed by atoms with E-state index in [9.17, 15) is 0 Å². The van der Waals surface area contributed by atoms with Gasteiger partial charge in [0.1, 0.15) is 0 Å². The fourth-order valence-electron chi connectivity index (χ4n) is 9.35.